The molecule has 0 radical (unpaired) electrons. The summed E-state index contributed by atoms with van der Waals surface area (Å²) in [5.41, 5.74) is -0.0875. The lowest BCUT2D eigenvalue weighted by Crippen LogP contribution is -2.27. The van der Waals surface area contributed by atoms with Gasteiger partial charge in [-0.25, -0.2) is 4.79 Å². The number of amides is 1. The number of pyridine rings is 1. The monoisotopic (exact) mass is 194 g/mol. The highest BCUT2D eigenvalue weighted by Crippen LogP contribution is 2.01. The third-order valence-corrected chi connectivity index (χ3v) is 2.05. The van der Waals surface area contributed by atoms with Crippen LogP contribution in [-0.2, 0) is 11.3 Å². The number of nitrogens with one attached hydrogen (secondary N) is 1. The first kappa shape index (κ1) is 8.80. The van der Waals surface area contributed by atoms with Gasteiger partial charge in [-0.3, -0.25) is 4.79 Å². The van der Waals surface area contributed by atoms with Crippen molar-refractivity contribution < 1.29 is 9.53 Å². The SMILES string of the molecule is O=C1NCC(Cn2ccccc2=O)O1. The van der Waals surface area contributed by atoms with Crippen molar-refractivity contribution >= 4 is 6.09 Å². The summed E-state index contributed by atoms with van der Waals surface area (Å²) in [5.74, 6) is 0. The van der Waals surface area contributed by atoms with E-state index in [1.807, 2.05) is 0 Å². The van der Waals surface area contributed by atoms with Gasteiger partial charge in [-0.2, -0.15) is 0 Å². The summed E-state index contributed by atoms with van der Waals surface area (Å²) in [6, 6.07) is 4.92. The number of rotatable bonds is 2. The molecule has 1 aliphatic rings. The number of ether oxygens (including phenoxy) is 1. The van der Waals surface area contributed by atoms with E-state index in [0.29, 0.717) is 13.1 Å². The van der Waals surface area contributed by atoms with E-state index in [0.717, 1.165) is 0 Å². The van der Waals surface area contributed by atoms with Crippen molar-refractivity contribution in [1.29, 1.82) is 0 Å². The van der Waals surface area contributed by atoms with E-state index in [1.54, 1.807) is 18.3 Å². The molecule has 1 N–H and O–H groups in total. The summed E-state index contributed by atoms with van der Waals surface area (Å²) in [6.07, 6.45) is 1.01. The number of aromatic nitrogens is 1. The lowest BCUT2D eigenvalue weighted by atomic mass is 10.3. The molecule has 2 rings (SSSR count). The van der Waals surface area contributed by atoms with Crippen LogP contribution in [0, 0.1) is 0 Å². The van der Waals surface area contributed by atoms with Crippen LogP contribution in [0.3, 0.4) is 0 Å². The van der Waals surface area contributed by atoms with Crippen LogP contribution in [-0.4, -0.2) is 23.3 Å². The normalized spacial score (nSPS) is 20.3. The smallest absolute Gasteiger partial charge is 0.407 e. The Morgan fingerprint density at radius 2 is 2.36 bits per heavy atom. The standard InChI is InChI=1S/C9H10N2O3/c12-8-3-1-2-4-11(8)6-7-5-10-9(13)14-7/h1-4,7H,5-6H2,(H,10,13). The molecule has 0 saturated carbocycles. The van der Waals surface area contributed by atoms with Gasteiger partial charge in [0.2, 0.25) is 0 Å². The Labute approximate surface area is 80.3 Å². The first-order chi connectivity index (χ1) is 6.75. The molecular weight excluding hydrogens is 184 g/mol. The second kappa shape index (κ2) is 3.53. The Morgan fingerprint density at radius 3 is 3.00 bits per heavy atom. The molecule has 5 heteroatoms. The summed E-state index contributed by atoms with van der Waals surface area (Å²) in [4.78, 5) is 22.0. The summed E-state index contributed by atoms with van der Waals surface area (Å²) in [7, 11) is 0. The topological polar surface area (TPSA) is 60.3 Å². The molecule has 0 bridgehead atoms. The van der Waals surface area contributed by atoms with Gasteiger partial charge in [0.1, 0.15) is 6.10 Å². The van der Waals surface area contributed by atoms with E-state index in [2.05, 4.69) is 5.32 Å². The molecular formula is C9H10N2O3. The van der Waals surface area contributed by atoms with Gasteiger partial charge in [0.15, 0.2) is 0 Å². The van der Waals surface area contributed by atoms with Gasteiger partial charge in [0.05, 0.1) is 13.1 Å². The maximum absolute atomic E-state index is 11.3. The van der Waals surface area contributed by atoms with E-state index in [1.165, 1.54) is 10.6 Å². The van der Waals surface area contributed by atoms with E-state index >= 15 is 0 Å². The molecule has 5 nitrogen and oxygen atoms in total. The van der Waals surface area contributed by atoms with Crippen LogP contribution >= 0.6 is 0 Å². The number of cyclic esters (lactones) is 1. The zero-order valence-corrected chi connectivity index (χ0v) is 7.47. The van der Waals surface area contributed by atoms with Crippen molar-refractivity contribution in [2.24, 2.45) is 0 Å². The van der Waals surface area contributed by atoms with Gasteiger partial charge in [-0.15, -0.1) is 0 Å². The largest absolute Gasteiger partial charge is 0.442 e. The van der Waals surface area contributed by atoms with Crippen molar-refractivity contribution in [3.63, 3.8) is 0 Å². The summed E-state index contributed by atoms with van der Waals surface area (Å²) in [5, 5.41) is 2.53. The molecule has 1 amide bonds. The van der Waals surface area contributed by atoms with Crippen LogP contribution in [0.4, 0.5) is 4.79 Å². The van der Waals surface area contributed by atoms with Crippen molar-refractivity contribution in [2.45, 2.75) is 12.6 Å². The fraction of sp³-hybridized carbons (Fsp3) is 0.333. The quantitative estimate of drug-likeness (QED) is 0.718. The Hall–Kier alpha value is -1.78. The number of hydrogen-bond acceptors (Lipinski definition) is 3. The van der Waals surface area contributed by atoms with Crippen LogP contribution in [0.2, 0.25) is 0 Å². The van der Waals surface area contributed by atoms with Crippen LogP contribution in [0.25, 0.3) is 0 Å². The van der Waals surface area contributed by atoms with Gasteiger partial charge < -0.3 is 14.6 Å². The number of carbonyl (C=O) groups is 1. The third-order valence-electron chi connectivity index (χ3n) is 2.05. The van der Waals surface area contributed by atoms with E-state index in [9.17, 15) is 9.59 Å². The fourth-order valence-corrected chi connectivity index (χ4v) is 1.36. The molecule has 0 aromatic carbocycles. The first-order valence-electron chi connectivity index (χ1n) is 4.35. The number of alkyl carbamates (subject to hydrolysis) is 1. The molecule has 1 fully saturated rings. The second-order valence-corrected chi connectivity index (χ2v) is 3.10. The molecule has 1 saturated heterocycles. The van der Waals surface area contributed by atoms with E-state index < -0.39 is 6.09 Å². The van der Waals surface area contributed by atoms with Gasteiger partial charge in [-0.1, -0.05) is 6.07 Å². The summed E-state index contributed by atoms with van der Waals surface area (Å²) in [6.45, 7) is 0.860. The van der Waals surface area contributed by atoms with E-state index in [4.69, 9.17) is 4.74 Å². The lowest BCUT2D eigenvalue weighted by Gasteiger charge is -2.09. The van der Waals surface area contributed by atoms with Gasteiger partial charge >= 0.3 is 6.09 Å². The number of carbonyl (C=O) groups excluding carboxylic acids is 1. The van der Waals surface area contributed by atoms with Crippen molar-refractivity contribution in [2.75, 3.05) is 6.54 Å². The third kappa shape index (κ3) is 1.76. The fourth-order valence-electron chi connectivity index (χ4n) is 1.36. The minimum Gasteiger partial charge on any atom is -0.442 e. The Kier molecular flexibility index (Phi) is 2.22. The predicted molar refractivity (Wildman–Crippen MR) is 49.0 cm³/mol. The molecule has 1 aromatic rings. The Bertz CT molecular complexity index is 399. The van der Waals surface area contributed by atoms with Crippen molar-refractivity contribution in [3.8, 4) is 0 Å². The Morgan fingerprint density at radius 1 is 1.50 bits per heavy atom. The molecule has 1 unspecified atom stereocenters. The summed E-state index contributed by atoms with van der Waals surface area (Å²) < 4.78 is 6.43. The zero-order chi connectivity index (χ0) is 9.97. The first-order valence-corrected chi connectivity index (χ1v) is 4.35. The molecule has 2 heterocycles. The average molecular weight is 194 g/mol. The maximum atomic E-state index is 11.3. The molecule has 74 valence electrons. The van der Waals surface area contributed by atoms with E-state index in [-0.39, 0.29) is 11.7 Å². The molecule has 1 atom stereocenters. The molecule has 0 spiro atoms. The zero-order valence-electron chi connectivity index (χ0n) is 7.47. The molecule has 0 aliphatic carbocycles. The van der Waals surface area contributed by atoms with Crippen molar-refractivity contribution in [3.05, 3.63) is 34.7 Å². The number of nitrogens with zero attached hydrogens (tertiary/aromatic N) is 1. The minimum absolute atomic E-state index is 0.0875. The van der Waals surface area contributed by atoms with Gasteiger partial charge in [0.25, 0.3) is 5.56 Å². The van der Waals surface area contributed by atoms with Gasteiger partial charge in [-0.05, 0) is 6.07 Å². The molecule has 14 heavy (non-hydrogen) atoms. The highest BCUT2D eigenvalue weighted by Gasteiger charge is 2.22. The average Bonchev–Trinajstić information content (AvgIpc) is 2.56. The van der Waals surface area contributed by atoms with Crippen LogP contribution < -0.4 is 10.9 Å². The van der Waals surface area contributed by atoms with Crippen LogP contribution in [0.1, 0.15) is 0 Å². The number of hydrogen-bond donors (Lipinski definition) is 1. The predicted octanol–water partition coefficient (Wildman–Crippen LogP) is -0.0433. The van der Waals surface area contributed by atoms with Gasteiger partial charge in [0, 0.05) is 12.3 Å². The van der Waals surface area contributed by atoms with Crippen LogP contribution in [0.15, 0.2) is 29.2 Å². The maximum Gasteiger partial charge on any atom is 0.407 e. The lowest BCUT2D eigenvalue weighted by molar-refractivity contribution is 0.130. The molecule has 1 aromatic heterocycles. The van der Waals surface area contributed by atoms with Crippen LogP contribution in [0.5, 0.6) is 0 Å². The highest BCUT2D eigenvalue weighted by atomic mass is 16.6. The second-order valence-electron chi connectivity index (χ2n) is 3.10. The Balaban J connectivity index is 2.08. The molecule has 1 aliphatic heterocycles. The van der Waals surface area contributed by atoms with Crippen molar-refractivity contribution in [1.82, 2.24) is 9.88 Å². The highest BCUT2D eigenvalue weighted by molar-refractivity contribution is 5.69. The minimum atomic E-state index is -0.418. The summed E-state index contributed by atoms with van der Waals surface area (Å²) >= 11 is 0.